The number of rotatable bonds is 6. The molecule has 22 heavy (non-hydrogen) atoms. The molecule has 2 rings (SSSR count). The van der Waals surface area contributed by atoms with Gasteiger partial charge in [-0.1, -0.05) is 0 Å². The van der Waals surface area contributed by atoms with Crippen LogP contribution in [0.15, 0.2) is 30.3 Å². The van der Waals surface area contributed by atoms with Gasteiger partial charge in [-0.05, 0) is 52.0 Å². The molecule has 0 unspecified atom stereocenters. The Morgan fingerprint density at radius 2 is 1.77 bits per heavy atom. The number of carbonyl (C=O) groups is 1. The van der Waals surface area contributed by atoms with Crippen molar-refractivity contribution < 1.29 is 4.79 Å². The van der Waals surface area contributed by atoms with Crippen molar-refractivity contribution in [2.75, 3.05) is 23.3 Å². The minimum atomic E-state index is 0.0632. The lowest BCUT2D eigenvalue weighted by molar-refractivity contribution is 0.101. The summed E-state index contributed by atoms with van der Waals surface area (Å²) in [5.74, 6) is 2.46. The zero-order chi connectivity index (χ0) is 16.1. The largest absolute Gasteiger partial charge is 0.357 e. The molecule has 0 aliphatic heterocycles. The third-order valence-electron chi connectivity index (χ3n) is 3.48. The Hall–Kier alpha value is -2.43. The molecule has 1 aromatic carbocycles. The second kappa shape index (κ2) is 7.02. The minimum Gasteiger partial charge on any atom is -0.357 e. The maximum absolute atomic E-state index is 11.3. The Labute approximate surface area is 131 Å². The number of ketones is 1. The van der Waals surface area contributed by atoms with Crippen molar-refractivity contribution in [3.05, 3.63) is 41.7 Å². The van der Waals surface area contributed by atoms with Gasteiger partial charge in [0.1, 0.15) is 17.5 Å². The third kappa shape index (κ3) is 3.81. The predicted octanol–water partition coefficient (Wildman–Crippen LogP) is 3.58. The molecule has 0 saturated heterocycles. The molecule has 116 valence electrons. The lowest BCUT2D eigenvalue weighted by Gasteiger charge is -2.20. The average molecular weight is 298 g/mol. The van der Waals surface area contributed by atoms with Crippen molar-refractivity contribution in [2.45, 2.75) is 27.7 Å². The lowest BCUT2D eigenvalue weighted by Crippen LogP contribution is -2.23. The molecule has 0 aliphatic carbocycles. The van der Waals surface area contributed by atoms with Crippen LogP contribution in [0.1, 0.15) is 37.0 Å². The standard InChI is InChI=1S/C17H22N4O/c1-5-21(6-2)17-11-16(18-13(4)19-17)20-15-9-7-14(8-10-15)12(3)22/h7-11H,5-6H2,1-4H3,(H,18,19,20). The smallest absolute Gasteiger partial charge is 0.159 e. The molecule has 0 aliphatic rings. The van der Waals surface area contributed by atoms with E-state index in [1.807, 2.05) is 37.3 Å². The summed E-state index contributed by atoms with van der Waals surface area (Å²) in [5, 5.41) is 3.27. The van der Waals surface area contributed by atoms with Crippen LogP contribution in [0.25, 0.3) is 0 Å². The van der Waals surface area contributed by atoms with E-state index in [1.54, 1.807) is 6.92 Å². The highest BCUT2D eigenvalue weighted by Crippen LogP contribution is 2.20. The van der Waals surface area contributed by atoms with Gasteiger partial charge in [-0.25, -0.2) is 9.97 Å². The van der Waals surface area contributed by atoms with Crippen molar-refractivity contribution in [3.8, 4) is 0 Å². The van der Waals surface area contributed by atoms with Crippen molar-refractivity contribution >= 4 is 23.1 Å². The van der Waals surface area contributed by atoms with Crippen LogP contribution in [0.3, 0.4) is 0 Å². The molecule has 1 N–H and O–H groups in total. The van der Waals surface area contributed by atoms with Gasteiger partial charge in [-0.2, -0.15) is 0 Å². The maximum atomic E-state index is 11.3. The van der Waals surface area contributed by atoms with Crippen LogP contribution in [0.5, 0.6) is 0 Å². The van der Waals surface area contributed by atoms with E-state index in [0.717, 1.165) is 36.2 Å². The first-order chi connectivity index (χ1) is 10.5. The number of hydrogen-bond donors (Lipinski definition) is 1. The first-order valence-electron chi connectivity index (χ1n) is 7.52. The summed E-state index contributed by atoms with van der Waals surface area (Å²) in [6.45, 7) is 9.46. The minimum absolute atomic E-state index is 0.0632. The summed E-state index contributed by atoms with van der Waals surface area (Å²) in [5.41, 5.74) is 1.60. The van der Waals surface area contributed by atoms with Crippen molar-refractivity contribution in [1.82, 2.24) is 9.97 Å². The second-order valence-electron chi connectivity index (χ2n) is 5.09. The lowest BCUT2D eigenvalue weighted by atomic mass is 10.1. The first-order valence-corrected chi connectivity index (χ1v) is 7.52. The molecular formula is C17H22N4O. The first kappa shape index (κ1) is 15.9. The Morgan fingerprint density at radius 3 is 2.32 bits per heavy atom. The van der Waals surface area contributed by atoms with E-state index in [4.69, 9.17) is 0 Å². The number of nitrogens with zero attached hydrogens (tertiary/aromatic N) is 3. The summed E-state index contributed by atoms with van der Waals surface area (Å²) >= 11 is 0. The van der Waals surface area contributed by atoms with Gasteiger partial charge in [0.15, 0.2) is 5.78 Å². The van der Waals surface area contributed by atoms with Gasteiger partial charge in [-0.15, -0.1) is 0 Å². The molecular weight excluding hydrogens is 276 g/mol. The Balaban J connectivity index is 2.23. The van der Waals surface area contributed by atoms with Crippen LogP contribution in [0.2, 0.25) is 0 Å². The molecule has 0 radical (unpaired) electrons. The normalized spacial score (nSPS) is 10.4. The molecule has 0 amide bonds. The molecule has 1 aromatic heterocycles. The molecule has 5 nitrogen and oxygen atoms in total. The van der Waals surface area contributed by atoms with Gasteiger partial charge < -0.3 is 10.2 Å². The highest BCUT2D eigenvalue weighted by Gasteiger charge is 2.08. The number of carbonyl (C=O) groups excluding carboxylic acids is 1. The summed E-state index contributed by atoms with van der Waals surface area (Å²) < 4.78 is 0. The Bertz CT molecular complexity index is 648. The molecule has 1 heterocycles. The molecule has 5 heteroatoms. The number of benzene rings is 1. The third-order valence-corrected chi connectivity index (χ3v) is 3.48. The van der Waals surface area contributed by atoms with Crippen molar-refractivity contribution in [2.24, 2.45) is 0 Å². The van der Waals surface area contributed by atoms with Crippen LogP contribution in [0, 0.1) is 6.92 Å². The summed E-state index contributed by atoms with van der Waals surface area (Å²) in [4.78, 5) is 22.4. The molecule has 0 saturated carbocycles. The Kier molecular flexibility index (Phi) is 5.09. The van der Waals surface area contributed by atoms with Crippen LogP contribution in [-0.4, -0.2) is 28.8 Å². The van der Waals surface area contributed by atoms with E-state index < -0.39 is 0 Å². The SMILES string of the molecule is CCN(CC)c1cc(Nc2ccc(C(C)=O)cc2)nc(C)n1. The quantitative estimate of drug-likeness (QED) is 0.826. The van der Waals surface area contributed by atoms with Crippen molar-refractivity contribution in [3.63, 3.8) is 0 Å². The monoisotopic (exact) mass is 298 g/mol. The number of Topliss-reactive ketones (excluding diaryl/α,β-unsaturated/α-hetero) is 1. The fourth-order valence-corrected chi connectivity index (χ4v) is 2.26. The second-order valence-corrected chi connectivity index (χ2v) is 5.09. The summed E-state index contributed by atoms with van der Waals surface area (Å²) in [6.07, 6.45) is 0. The molecule has 0 atom stereocenters. The number of hydrogen-bond acceptors (Lipinski definition) is 5. The van der Waals surface area contributed by atoms with E-state index in [0.29, 0.717) is 5.56 Å². The van der Waals surface area contributed by atoms with Crippen LogP contribution in [-0.2, 0) is 0 Å². The van der Waals surface area contributed by atoms with E-state index in [2.05, 4.69) is 34.0 Å². The van der Waals surface area contributed by atoms with Crippen LogP contribution < -0.4 is 10.2 Å². The van der Waals surface area contributed by atoms with Gasteiger partial charge in [0.25, 0.3) is 0 Å². The number of aryl methyl sites for hydroxylation is 1. The fourth-order valence-electron chi connectivity index (χ4n) is 2.26. The maximum Gasteiger partial charge on any atom is 0.159 e. The number of aromatic nitrogens is 2. The molecule has 0 bridgehead atoms. The zero-order valence-electron chi connectivity index (χ0n) is 13.6. The van der Waals surface area contributed by atoms with Gasteiger partial charge in [0.2, 0.25) is 0 Å². The predicted molar refractivity (Wildman–Crippen MR) is 90.1 cm³/mol. The molecule has 2 aromatic rings. The topological polar surface area (TPSA) is 58.1 Å². The highest BCUT2D eigenvalue weighted by atomic mass is 16.1. The van der Waals surface area contributed by atoms with E-state index in [-0.39, 0.29) is 5.78 Å². The van der Waals surface area contributed by atoms with Gasteiger partial charge in [0, 0.05) is 30.4 Å². The van der Waals surface area contributed by atoms with E-state index in [1.165, 1.54) is 0 Å². The van der Waals surface area contributed by atoms with E-state index >= 15 is 0 Å². The van der Waals surface area contributed by atoms with Gasteiger partial charge in [0.05, 0.1) is 0 Å². The zero-order valence-corrected chi connectivity index (χ0v) is 13.6. The van der Waals surface area contributed by atoms with Gasteiger partial charge >= 0.3 is 0 Å². The number of anilines is 3. The van der Waals surface area contributed by atoms with Gasteiger partial charge in [-0.3, -0.25) is 4.79 Å². The highest BCUT2D eigenvalue weighted by molar-refractivity contribution is 5.94. The number of nitrogens with one attached hydrogen (secondary N) is 1. The van der Waals surface area contributed by atoms with Crippen molar-refractivity contribution in [1.29, 1.82) is 0 Å². The van der Waals surface area contributed by atoms with E-state index in [9.17, 15) is 4.79 Å². The Morgan fingerprint density at radius 1 is 1.14 bits per heavy atom. The molecule has 0 spiro atoms. The molecule has 0 fully saturated rings. The fraction of sp³-hybridized carbons (Fsp3) is 0.353. The summed E-state index contributed by atoms with van der Waals surface area (Å²) in [7, 11) is 0. The average Bonchev–Trinajstić information content (AvgIpc) is 2.48. The van der Waals surface area contributed by atoms with Crippen LogP contribution >= 0.6 is 0 Å². The summed E-state index contributed by atoms with van der Waals surface area (Å²) in [6, 6.07) is 9.32. The van der Waals surface area contributed by atoms with Crippen LogP contribution in [0.4, 0.5) is 17.3 Å².